The molecule has 2 aromatic carbocycles. The molecule has 9 heteroatoms. The molecule has 0 radical (unpaired) electrons. The number of ether oxygens (including phenoxy) is 6. The van der Waals surface area contributed by atoms with Crippen molar-refractivity contribution in [2.45, 2.75) is 44.2 Å². The number of rotatable bonds is 10. The highest BCUT2D eigenvalue weighted by Crippen LogP contribution is 2.50. The second-order valence-electron chi connectivity index (χ2n) is 9.86. The van der Waals surface area contributed by atoms with E-state index in [-0.39, 0.29) is 24.5 Å². The zero-order chi connectivity index (χ0) is 26.7. The molecule has 2 aliphatic heterocycles. The lowest BCUT2D eigenvalue weighted by atomic mass is 9.85. The van der Waals surface area contributed by atoms with Crippen LogP contribution in [0.2, 0.25) is 0 Å². The lowest BCUT2D eigenvalue weighted by Gasteiger charge is -2.38. The Balaban J connectivity index is 0.00000400. The molecule has 0 aromatic heterocycles. The van der Waals surface area contributed by atoms with Gasteiger partial charge in [0.05, 0.1) is 42.7 Å². The van der Waals surface area contributed by atoms with E-state index in [1.165, 1.54) is 22.3 Å². The van der Waals surface area contributed by atoms with Crippen molar-refractivity contribution in [3.63, 3.8) is 0 Å². The summed E-state index contributed by atoms with van der Waals surface area (Å²) in [7, 11) is 14.5. The number of fused-ring (bicyclic) bond motifs is 2. The van der Waals surface area contributed by atoms with Crippen molar-refractivity contribution < 1.29 is 28.4 Å². The van der Waals surface area contributed by atoms with Crippen LogP contribution in [0, 0.1) is 0 Å². The summed E-state index contributed by atoms with van der Waals surface area (Å²) in [6, 6.07) is 4.71. The molecular weight excluding hydrogens is 508 g/mol. The average Bonchev–Trinajstić information content (AvgIpc) is 2.92. The molecule has 2 atom stereocenters. The highest BCUT2D eigenvalue weighted by Gasteiger charge is 2.34. The van der Waals surface area contributed by atoms with Gasteiger partial charge in [-0.05, 0) is 69.5 Å². The summed E-state index contributed by atoms with van der Waals surface area (Å²) in [5, 5.41) is 0. The molecule has 0 spiro atoms. The van der Waals surface area contributed by atoms with Crippen LogP contribution < -0.4 is 28.4 Å². The Morgan fingerprint density at radius 2 is 0.974 bits per heavy atom. The van der Waals surface area contributed by atoms with Gasteiger partial charge in [-0.3, -0.25) is 9.80 Å². The van der Waals surface area contributed by atoms with Crippen LogP contribution in [0.15, 0.2) is 12.1 Å². The van der Waals surface area contributed by atoms with Crippen molar-refractivity contribution in [2.75, 3.05) is 69.8 Å². The van der Waals surface area contributed by atoms with Crippen LogP contribution in [0.4, 0.5) is 0 Å². The summed E-state index contributed by atoms with van der Waals surface area (Å²) in [5.41, 5.74) is 4.98. The zero-order valence-electron chi connectivity index (χ0n) is 24.0. The Hall–Kier alpha value is -2.55. The van der Waals surface area contributed by atoms with Gasteiger partial charge in [-0.1, -0.05) is 0 Å². The summed E-state index contributed by atoms with van der Waals surface area (Å²) in [4.78, 5) is 4.87. The fraction of sp³-hybridized carbons (Fsp3) is 0.586. The summed E-state index contributed by atoms with van der Waals surface area (Å²) in [6.07, 6.45) is 4.96. The van der Waals surface area contributed by atoms with Gasteiger partial charge in [0.15, 0.2) is 23.0 Å². The van der Waals surface area contributed by atoms with Crippen molar-refractivity contribution in [1.82, 2.24) is 9.80 Å². The van der Waals surface area contributed by atoms with Crippen molar-refractivity contribution >= 4 is 12.4 Å². The number of methoxy groups -OCH3 is 6. The first kappa shape index (κ1) is 30.0. The summed E-state index contributed by atoms with van der Waals surface area (Å²) < 4.78 is 34.5. The molecule has 212 valence electrons. The van der Waals surface area contributed by atoms with Crippen LogP contribution in [-0.4, -0.2) is 79.6 Å². The molecule has 0 amide bonds. The minimum atomic E-state index is 0. The van der Waals surface area contributed by atoms with E-state index in [1.807, 2.05) is 0 Å². The van der Waals surface area contributed by atoms with Crippen LogP contribution in [-0.2, 0) is 12.8 Å². The highest BCUT2D eigenvalue weighted by molar-refractivity contribution is 5.85. The van der Waals surface area contributed by atoms with E-state index in [0.29, 0.717) is 11.5 Å². The van der Waals surface area contributed by atoms with Gasteiger partial charge in [0.2, 0.25) is 11.5 Å². The first-order valence-corrected chi connectivity index (χ1v) is 13.0. The Labute approximate surface area is 233 Å². The number of hydrogen-bond acceptors (Lipinski definition) is 8. The molecule has 8 nitrogen and oxygen atoms in total. The number of nitrogens with zero attached hydrogens (tertiary/aromatic N) is 2. The number of halogens is 1. The standard InChI is InChI=1S/C29H42N2O6.ClH/c1-30-14-12-18-16-22(32-3)26(34-5)28(36-7)24(18)20(30)10-9-11-21-25-19(13-15-31(21)2)17-23(33-4)27(35-6)29(25)37-8;/h16-17,20-21H,9-15H2,1-8H3;1H. The largest absolute Gasteiger partial charge is 0.493 e. The van der Waals surface area contributed by atoms with E-state index >= 15 is 0 Å². The van der Waals surface area contributed by atoms with E-state index in [1.54, 1.807) is 42.7 Å². The predicted molar refractivity (Wildman–Crippen MR) is 151 cm³/mol. The van der Waals surface area contributed by atoms with Crippen molar-refractivity contribution in [3.05, 3.63) is 34.4 Å². The molecule has 0 saturated heterocycles. The van der Waals surface area contributed by atoms with Gasteiger partial charge in [0.1, 0.15) is 0 Å². The fourth-order valence-corrected chi connectivity index (χ4v) is 6.18. The van der Waals surface area contributed by atoms with Crippen molar-refractivity contribution in [1.29, 1.82) is 0 Å². The van der Waals surface area contributed by atoms with E-state index < -0.39 is 0 Å². The maximum absolute atomic E-state index is 5.91. The molecule has 0 aliphatic carbocycles. The van der Waals surface area contributed by atoms with Crippen LogP contribution in [0.5, 0.6) is 34.5 Å². The first-order chi connectivity index (χ1) is 17.9. The number of benzene rings is 2. The maximum Gasteiger partial charge on any atom is 0.203 e. The van der Waals surface area contributed by atoms with Crippen molar-refractivity contribution in [2.24, 2.45) is 0 Å². The zero-order valence-corrected chi connectivity index (χ0v) is 24.8. The molecular formula is C29H43ClN2O6. The smallest absolute Gasteiger partial charge is 0.203 e. The van der Waals surface area contributed by atoms with Crippen LogP contribution >= 0.6 is 12.4 Å². The molecule has 4 rings (SSSR count). The van der Waals surface area contributed by atoms with E-state index in [2.05, 4.69) is 36.0 Å². The van der Waals surface area contributed by atoms with Gasteiger partial charge in [-0.15, -0.1) is 12.4 Å². The third-order valence-corrected chi connectivity index (χ3v) is 8.06. The summed E-state index contributed by atoms with van der Waals surface area (Å²) >= 11 is 0. The predicted octanol–water partition coefficient (Wildman–Crippen LogP) is 5.09. The Kier molecular flexibility index (Phi) is 10.3. The second-order valence-corrected chi connectivity index (χ2v) is 9.86. The van der Waals surface area contributed by atoms with Gasteiger partial charge >= 0.3 is 0 Å². The molecule has 2 aliphatic rings. The van der Waals surface area contributed by atoms with Gasteiger partial charge in [-0.25, -0.2) is 0 Å². The summed E-state index contributed by atoms with van der Waals surface area (Å²) in [5.74, 6) is 4.34. The molecule has 0 fully saturated rings. The topological polar surface area (TPSA) is 61.9 Å². The van der Waals surface area contributed by atoms with Gasteiger partial charge < -0.3 is 28.4 Å². The Morgan fingerprint density at radius 3 is 1.29 bits per heavy atom. The third-order valence-electron chi connectivity index (χ3n) is 8.06. The van der Waals surface area contributed by atoms with E-state index in [0.717, 1.165) is 68.2 Å². The fourth-order valence-electron chi connectivity index (χ4n) is 6.18. The number of likely N-dealkylation sites (N-methyl/N-ethyl adjacent to an activating group) is 2. The monoisotopic (exact) mass is 550 g/mol. The lowest BCUT2D eigenvalue weighted by molar-refractivity contribution is 0.182. The number of hydrogen-bond donors (Lipinski definition) is 0. The second kappa shape index (κ2) is 13.0. The lowest BCUT2D eigenvalue weighted by Crippen LogP contribution is -2.34. The van der Waals surface area contributed by atoms with E-state index in [9.17, 15) is 0 Å². The van der Waals surface area contributed by atoms with Crippen molar-refractivity contribution in [3.8, 4) is 34.5 Å². The Morgan fingerprint density at radius 1 is 0.605 bits per heavy atom. The van der Waals surface area contributed by atoms with E-state index in [4.69, 9.17) is 28.4 Å². The average molecular weight is 551 g/mol. The normalized spacial score (nSPS) is 19.1. The molecule has 38 heavy (non-hydrogen) atoms. The molecule has 2 unspecified atom stereocenters. The third kappa shape index (κ3) is 5.31. The van der Waals surface area contributed by atoms with Crippen LogP contribution in [0.1, 0.15) is 53.6 Å². The Bertz CT molecular complexity index is 1030. The molecule has 0 bridgehead atoms. The highest BCUT2D eigenvalue weighted by atomic mass is 35.5. The van der Waals surface area contributed by atoms with Gasteiger partial charge in [0, 0.05) is 36.3 Å². The first-order valence-electron chi connectivity index (χ1n) is 13.0. The van der Waals surface area contributed by atoms with Gasteiger partial charge in [-0.2, -0.15) is 0 Å². The SMILES string of the molecule is COc1cc2c(c(OC)c1OC)C(CCCC1c3c(cc(OC)c(OC)c3OC)CCN1C)N(C)CC2.Cl. The molecule has 0 saturated carbocycles. The molecule has 0 N–H and O–H groups in total. The quantitative estimate of drug-likeness (QED) is 0.405. The maximum atomic E-state index is 5.91. The minimum absolute atomic E-state index is 0. The minimum Gasteiger partial charge on any atom is -0.493 e. The van der Waals surface area contributed by atoms with Crippen LogP contribution in [0.25, 0.3) is 0 Å². The molecule has 2 aromatic rings. The van der Waals surface area contributed by atoms with Crippen LogP contribution in [0.3, 0.4) is 0 Å². The summed E-state index contributed by atoms with van der Waals surface area (Å²) in [6.45, 7) is 1.99. The van der Waals surface area contributed by atoms with Gasteiger partial charge in [0.25, 0.3) is 0 Å². The molecule has 2 heterocycles.